The molecule has 6 nitrogen and oxygen atoms in total. The molecule has 0 aliphatic rings. The highest BCUT2D eigenvalue weighted by Crippen LogP contribution is 2.18. The first-order valence-corrected chi connectivity index (χ1v) is 7.57. The maximum Gasteiger partial charge on any atom is 0.230 e. The number of nitrogens with one attached hydrogen (secondary N) is 2. The zero-order valence-electron chi connectivity index (χ0n) is 11.8. The lowest BCUT2D eigenvalue weighted by molar-refractivity contribution is -0.115. The van der Waals surface area contributed by atoms with Crippen LogP contribution in [0.15, 0.2) is 17.6 Å². The summed E-state index contributed by atoms with van der Waals surface area (Å²) in [6.45, 7) is 3.97. The number of hydrogen-bond acceptors (Lipinski definition) is 5. The summed E-state index contributed by atoms with van der Waals surface area (Å²) < 4.78 is 0. The number of carbonyl (C=O) groups is 1. The van der Waals surface area contributed by atoms with E-state index in [1.54, 1.807) is 17.5 Å². The quantitative estimate of drug-likeness (QED) is 0.775. The van der Waals surface area contributed by atoms with E-state index in [9.17, 15) is 4.79 Å². The van der Waals surface area contributed by atoms with E-state index in [0.717, 1.165) is 28.2 Å². The summed E-state index contributed by atoms with van der Waals surface area (Å²) in [5.41, 5.74) is 3.06. The summed E-state index contributed by atoms with van der Waals surface area (Å²) in [6, 6.07) is 1.87. The van der Waals surface area contributed by atoms with Crippen molar-refractivity contribution in [3.8, 4) is 0 Å². The first-order chi connectivity index (χ1) is 10.2. The van der Waals surface area contributed by atoms with Crippen molar-refractivity contribution in [3.05, 3.63) is 34.0 Å². The highest BCUT2D eigenvalue weighted by molar-refractivity contribution is 7.09. The van der Waals surface area contributed by atoms with E-state index >= 15 is 0 Å². The first-order valence-electron chi connectivity index (χ1n) is 6.69. The molecule has 0 saturated heterocycles. The van der Waals surface area contributed by atoms with E-state index in [1.165, 1.54) is 0 Å². The molecular formula is C14H15N5OS. The predicted octanol–water partition coefficient (Wildman–Crippen LogP) is 2.47. The number of aromatic amines is 1. The molecule has 0 aromatic carbocycles. The van der Waals surface area contributed by atoms with E-state index in [0.29, 0.717) is 11.3 Å². The summed E-state index contributed by atoms with van der Waals surface area (Å²) >= 11 is 1.59. The van der Waals surface area contributed by atoms with Gasteiger partial charge in [0.1, 0.15) is 0 Å². The van der Waals surface area contributed by atoms with Crippen LogP contribution in [0.3, 0.4) is 0 Å². The Labute approximate surface area is 125 Å². The molecule has 3 aromatic rings. The van der Waals surface area contributed by atoms with Crippen molar-refractivity contribution in [1.29, 1.82) is 0 Å². The van der Waals surface area contributed by atoms with Crippen LogP contribution in [0.2, 0.25) is 0 Å². The van der Waals surface area contributed by atoms with Crippen LogP contribution in [-0.2, 0) is 17.6 Å². The van der Waals surface area contributed by atoms with Crippen LogP contribution in [0, 0.1) is 6.92 Å². The number of aryl methyl sites for hydroxylation is 2. The van der Waals surface area contributed by atoms with Crippen LogP contribution in [0.5, 0.6) is 0 Å². The molecule has 108 valence electrons. The second kappa shape index (κ2) is 5.61. The van der Waals surface area contributed by atoms with Crippen LogP contribution in [0.1, 0.15) is 23.3 Å². The minimum absolute atomic E-state index is 0.0924. The molecule has 0 spiro atoms. The Morgan fingerprint density at radius 1 is 1.48 bits per heavy atom. The standard InChI is InChI=1S/C14H15N5OS/c1-3-13-17-10(7-21-13)5-12(20)16-9-4-11-8(2)18-19-14(11)15-6-9/h4,6-7H,3,5H2,1-2H3,(H,16,20)(H,15,18,19). The van der Waals surface area contributed by atoms with Gasteiger partial charge in [-0.1, -0.05) is 6.92 Å². The van der Waals surface area contributed by atoms with Crippen LogP contribution in [0.4, 0.5) is 5.69 Å². The van der Waals surface area contributed by atoms with Gasteiger partial charge in [0.25, 0.3) is 0 Å². The zero-order valence-corrected chi connectivity index (χ0v) is 12.6. The number of hydrogen-bond donors (Lipinski definition) is 2. The number of H-pyrrole nitrogens is 1. The molecule has 2 N–H and O–H groups in total. The van der Waals surface area contributed by atoms with Crippen molar-refractivity contribution in [2.75, 3.05) is 5.32 Å². The highest BCUT2D eigenvalue weighted by Gasteiger charge is 2.09. The molecule has 0 bridgehead atoms. The Kier molecular flexibility index (Phi) is 3.66. The number of carbonyl (C=O) groups excluding carboxylic acids is 1. The van der Waals surface area contributed by atoms with Crippen LogP contribution in [-0.4, -0.2) is 26.1 Å². The Bertz CT molecular complexity index is 792. The normalized spacial score (nSPS) is 11.0. The molecule has 0 aliphatic heterocycles. The summed E-state index contributed by atoms with van der Waals surface area (Å²) in [5.74, 6) is -0.0924. The molecule has 7 heteroatoms. The lowest BCUT2D eigenvalue weighted by Crippen LogP contribution is -2.14. The number of aromatic nitrogens is 4. The van der Waals surface area contributed by atoms with E-state index in [1.807, 2.05) is 18.4 Å². The molecule has 0 fully saturated rings. The van der Waals surface area contributed by atoms with Crippen molar-refractivity contribution in [1.82, 2.24) is 20.2 Å². The van der Waals surface area contributed by atoms with Crippen molar-refractivity contribution in [2.24, 2.45) is 0 Å². The van der Waals surface area contributed by atoms with Gasteiger partial charge in [0.2, 0.25) is 5.91 Å². The number of amides is 1. The van der Waals surface area contributed by atoms with Gasteiger partial charge in [-0.2, -0.15) is 5.10 Å². The smallest absolute Gasteiger partial charge is 0.230 e. The molecule has 0 radical (unpaired) electrons. The Morgan fingerprint density at radius 2 is 2.33 bits per heavy atom. The molecule has 0 aliphatic carbocycles. The Morgan fingerprint density at radius 3 is 3.10 bits per heavy atom. The molecule has 1 amide bonds. The third kappa shape index (κ3) is 2.92. The summed E-state index contributed by atoms with van der Waals surface area (Å²) in [7, 11) is 0. The summed E-state index contributed by atoms with van der Waals surface area (Å²) in [6.07, 6.45) is 2.78. The molecule has 3 rings (SSSR count). The minimum Gasteiger partial charge on any atom is -0.324 e. The predicted molar refractivity (Wildman–Crippen MR) is 82.5 cm³/mol. The highest BCUT2D eigenvalue weighted by atomic mass is 32.1. The van der Waals surface area contributed by atoms with Gasteiger partial charge in [0.15, 0.2) is 5.65 Å². The summed E-state index contributed by atoms with van der Waals surface area (Å²) in [5, 5.41) is 13.7. The second-order valence-corrected chi connectivity index (χ2v) is 5.70. The number of thiazole rings is 1. The van der Waals surface area contributed by atoms with Crippen LogP contribution >= 0.6 is 11.3 Å². The lowest BCUT2D eigenvalue weighted by atomic mass is 10.2. The molecular weight excluding hydrogens is 286 g/mol. The SMILES string of the molecule is CCc1nc(CC(=O)Nc2cnc3n[nH]c(C)c3c2)cs1. The average molecular weight is 301 g/mol. The van der Waals surface area contributed by atoms with Gasteiger partial charge in [0, 0.05) is 16.5 Å². The van der Waals surface area contributed by atoms with Crippen molar-refractivity contribution in [3.63, 3.8) is 0 Å². The fourth-order valence-corrected chi connectivity index (χ4v) is 2.79. The first kappa shape index (κ1) is 13.7. The fourth-order valence-electron chi connectivity index (χ4n) is 2.05. The number of pyridine rings is 1. The third-order valence-electron chi connectivity index (χ3n) is 3.13. The lowest BCUT2D eigenvalue weighted by Gasteiger charge is -2.03. The number of anilines is 1. The summed E-state index contributed by atoms with van der Waals surface area (Å²) in [4.78, 5) is 20.6. The van der Waals surface area contributed by atoms with Crippen molar-refractivity contribution in [2.45, 2.75) is 26.7 Å². The van der Waals surface area contributed by atoms with Gasteiger partial charge in [-0.25, -0.2) is 9.97 Å². The molecule has 3 heterocycles. The average Bonchev–Trinajstić information content (AvgIpc) is 3.06. The molecule has 0 saturated carbocycles. The minimum atomic E-state index is -0.0924. The van der Waals surface area contributed by atoms with Gasteiger partial charge in [0.05, 0.1) is 29.0 Å². The Hall–Kier alpha value is -2.28. The van der Waals surface area contributed by atoms with Crippen molar-refractivity contribution < 1.29 is 4.79 Å². The van der Waals surface area contributed by atoms with Crippen LogP contribution in [0.25, 0.3) is 11.0 Å². The van der Waals surface area contributed by atoms with Gasteiger partial charge in [-0.05, 0) is 19.4 Å². The maximum atomic E-state index is 12.0. The number of nitrogens with zero attached hydrogens (tertiary/aromatic N) is 3. The van der Waals surface area contributed by atoms with Crippen LogP contribution < -0.4 is 5.32 Å². The van der Waals surface area contributed by atoms with E-state index in [2.05, 4.69) is 32.4 Å². The topological polar surface area (TPSA) is 83.6 Å². The monoisotopic (exact) mass is 301 g/mol. The number of rotatable bonds is 4. The molecule has 21 heavy (non-hydrogen) atoms. The van der Waals surface area contributed by atoms with Crippen molar-refractivity contribution >= 4 is 34.0 Å². The molecule has 0 unspecified atom stereocenters. The third-order valence-corrected chi connectivity index (χ3v) is 4.17. The van der Waals surface area contributed by atoms with E-state index in [-0.39, 0.29) is 12.3 Å². The fraction of sp³-hybridized carbons (Fsp3) is 0.286. The Balaban J connectivity index is 1.71. The number of fused-ring (bicyclic) bond motifs is 1. The van der Waals surface area contributed by atoms with Gasteiger partial charge in [-0.15, -0.1) is 11.3 Å². The van der Waals surface area contributed by atoms with E-state index < -0.39 is 0 Å². The van der Waals surface area contributed by atoms with Gasteiger partial charge >= 0.3 is 0 Å². The molecule has 0 atom stereocenters. The van der Waals surface area contributed by atoms with Gasteiger partial charge in [-0.3, -0.25) is 9.89 Å². The largest absolute Gasteiger partial charge is 0.324 e. The van der Waals surface area contributed by atoms with Gasteiger partial charge < -0.3 is 5.32 Å². The molecule has 3 aromatic heterocycles. The zero-order chi connectivity index (χ0) is 14.8. The van der Waals surface area contributed by atoms with E-state index in [4.69, 9.17) is 0 Å². The second-order valence-electron chi connectivity index (χ2n) is 4.75. The maximum absolute atomic E-state index is 12.0.